The second-order valence-corrected chi connectivity index (χ2v) is 6.05. The summed E-state index contributed by atoms with van der Waals surface area (Å²) in [4.78, 5) is 12.7. The number of hydrogen-bond acceptors (Lipinski definition) is 10. The van der Waals surface area contributed by atoms with Gasteiger partial charge in [-0.25, -0.2) is 15.0 Å². The molecule has 4 atom stereocenters. The summed E-state index contributed by atoms with van der Waals surface area (Å²) in [5, 5.41) is 32.5. The molecule has 1 aliphatic heterocycles. The molecule has 0 aliphatic carbocycles. The van der Waals surface area contributed by atoms with Crippen LogP contribution in [0.4, 0.5) is 5.82 Å². The Kier molecular flexibility index (Phi) is 4.66. The zero-order valence-electron chi connectivity index (χ0n) is 14.4. The lowest BCUT2D eigenvalue weighted by molar-refractivity contribution is -0.0511. The summed E-state index contributed by atoms with van der Waals surface area (Å²) in [7, 11) is 1.52. The van der Waals surface area contributed by atoms with Crippen LogP contribution in [0.5, 0.6) is 5.95 Å². The molecule has 0 spiro atoms. The summed E-state index contributed by atoms with van der Waals surface area (Å²) in [6, 6.07) is 3.49. The summed E-state index contributed by atoms with van der Waals surface area (Å²) in [6.45, 7) is -0.0497. The van der Waals surface area contributed by atoms with Crippen molar-refractivity contribution >= 4 is 17.0 Å². The van der Waals surface area contributed by atoms with Crippen LogP contribution in [0.3, 0.4) is 0 Å². The second-order valence-electron chi connectivity index (χ2n) is 6.05. The van der Waals surface area contributed by atoms with E-state index in [1.54, 1.807) is 12.1 Å². The molecule has 0 unspecified atom stereocenters. The molecule has 144 valence electrons. The largest absolute Gasteiger partial charge is 0.468 e. The number of methoxy groups -OCH3 is 1. The molecule has 0 saturated carbocycles. The lowest BCUT2D eigenvalue weighted by Gasteiger charge is -2.16. The first-order chi connectivity index (χ1) is 13.1. The minimum Gasteiger partial charge on any atom is -0.468 e. The van der Waals surface area contributed by atoms with E-state index in [1.165, 1.54) is 24.3 Å². The molecule has 1 fully saturated rings. The second kappa shape index (κ2) is 7.12. The fourth-order valence-electron chi connectivity index (χ4n) is 3.01. The van der Waals surface area contributed by atoms with Crippen LogP contribution in [0.15, 0.2) is 29.2 Å². The Balaban J connectivity index is 1.58. The number of aromatic nitrogens is 4. The number of furan rings is 1. The van der Waals surface area contributed by atoms with Gasteiger partial charge in [-0.15, -0.1) is 0 Å². The predicted molar refractivity (Wildman–Crippen MR) is 90.9 cm³/mol. The highest BCUT2D eigenvalue weighted by atomic mass is 16.6. The number of aliphatic hydroxyl groups is 3. The number of rotatable bonds is 6. The number of nitrogens with zero attached hydrogens (tertiary/aromatic N) is 4. The molecule has 0 amide bonds. The summed E-state index contributed by atoms with van der Waals surface area (Å²) < 4.78 is 17.5. The quantitative estimate of drug-likeness (QED) is 0.449. The number of ether oxygens (including phenoxy) is 2. The minimum absolute atomic E-state index is 0.357. The van der Waals surface area contributed by atoms with Crippen molar-refractivity contribution in [2.24, 2.45) is 0 Å². The van der Waals surface area contributed by atoms with E-state index in [1.807, 2.05) is 0 Å². The molecule has 4 N–H and O–H groups in total. The summed E-state index contributed by atoms with van der Waals surface area (Å²) in [6.07, 6.45) is -1.42. The highest BCUT2D eigenvalue weighted by Gasteiger charge is 2.44. The van der Waals surface area contributed by atoms with E-state index in [0.717, 1.165) is 0 Å². The third kappa shape index (κ3) is 3.10. The first-order valence-electron chi connectivity index (χ1n) is 8.29. The maximum atomic E-state index is 10.2. The molecular formula is C16H19N5O6. The Bertz CT molecular complexity index is 927. The zero-order chi connectivity index (χ0) is 19.0. The Hall–Kier alpha value is -2.73. The van der Waals surface area contributed by atoms with Gasteiger partial charge in [0.25, 0.3) is 5.95 Å². The average Bonchev–Trinajstić information content (AvgIpc) is 3.39. The molecule has 1 saturated heterocycles. The molecule has 0 aromatic carbocycles. The van der Waals surface area contributed by atoms with Gasteiger partial charge < -0.3 is 34.5 Å². The van der Waals surface area contributed by atoms with E-state index in [9.17, 15) is 15.3 Å². The Morgan fingerprint density at radius 3 is 2.78 bits per heavy atom. The number of anilines is 1. The van der Waals surface area contributed by atoms with Crippen molar-refractivity contribution in [2.75, 3.05) is 19.0 Å². The van der Waals surface area contributed by atoms with Gasteiger partial charge in [-0.2, -0.15) is 0 Å². The fraction of sp³-hybridized carbons (Fsp3) is 0.438. The Labute approximate surface area is 153 Å². The molecule has 11 nitrogen and oxygen atoms in total. The normalized spacial score (nSPS) is 25.2. The number of nitrogens with one attached hydrogen (secondary N) is 1. The zero-order valence-corrected chi connectivity index (χ0v) is 14.4. The lowest BCUT2D eigenvalue weighted by atomic mass is 10.1. The first-order valence-corrected chi connectivity index (χ1v) is 8.29. The van der Waals surface area contributed by atoms with E-state index < -0.39 is 31.1 Å². The van der Waals surface area contributed by atoms with Crippen molar-refractivity contribution in [2.45, 2.75) is 31.1 Å². The van der Waals surface area contributed by atoms with Gasteiger partial charge in [-0.05, 0) is 6.07 Å². The highest BCUT2D eigenvalue weighted by Crippen LogP contribution is 2.32. The predicted octanol–water partition coefficient (Wildman–Crippen LogP) is -0.349. The van der Waals surface area contributed by atoms with Gasteiger partial charge in [0.05, 0.1) is 26.6 Å². The fourth-order valence-corrected chi connectivity index (χ4v) is 3.01. The maximum absolute atomic E-state index is 10.2. The van der Waals surface area contributed by atoms with E-state index in [-0.39, 0.29) is 0 Å². The molecule has 27 heavy (non-hydrogen) atoms. The minimum atomic E-state index is -1.22. The Morgan fingerprint density at radius 2 is 2.07 bits per heavy atom. The van der Waals surface area contributed by atoms with Crippen LogP contribution in [0.1, 0.15) is 12.0 Å². The highest BCUT2D eigenvalue weighted by molar-refractivity contribution is 5.82. The van der Waals surface area contributed by atoms with Crippen molar-refractivity contribution in [3.63, 3.8) is 0 Å². The summed E-state index contributed by atoms with van der Waals surface area (Å²) in [5.41, 5.74) is 0.883. The Morgan fingerprint density at radius 1 is 1.22 bits per heavy atom. The van der Waals surface area contributed by atoms with Crippen LogP contribution in [0, 0.1) is 0 Å². The summed E-state index contributed by atoms with van der Waals surface area (Å²) in [5.74, 6) is 1.54. The molecule has 0 radical (unpaired) electrons. The first kappa shape index (κ1) is 17.7. The monoisotopic (exact) mass is 377 g/mol. The smallest absolute Gasteiger partial charge is 0.284 e. The van der Waals surface area contributed by atoms with Crippen LogP contribution in [-0.2, 0) is 11.3 Å². The third-order valence-electron chi connectivity index (χ3n) is 4.42. The van der Waals surface area contributed by atoms with Gasteiger partial charge in [-0.3, -0.25) is 4.57 Å². The third-order valence-corrected chi connectivity index (χ3v) is 4.42. The van der Waals surface area contributed by atoms with Crippen molar-refractivity contribution in [1.82, 2.24) is 19.5 Å². The molecule has 0 bridgehead atoms. The van der Waals surface area contributed by atoms with Gasteiger partial charge in [-0.1, -0.05) is 0 Å². The lowest BCUT2D eigenvalue weighted by Crippen LogP contribution is -2.33. The van der Waals surface area contributed by atoms with E-state index >= 15 is 0 Å². The van der Waals surface area contributed by atoms with Crippen LogP contribution < -0.4 is 10.1 Å². The van der Waals surface area contributed by atoms with Crippen molar-refractivity contribution < 1.29 is 29.2 Å². The number of imidazole rings is 1. The van der Waals surface area contributed by atoms with Gasteiger partial charge >= 0.3 is 0 Å². The van der Waals surface area contributed by atoms with Gasteiger partial charge in [0.1, 0.15) is 30.4 Å². The summed E-state index contributed by atoms with van der Waals surface area (Å²) >= 11 is 0. The van der Waals surface area contributed by atoms with Crippen molar-refractivity contribution in [1.29, 1.82) is 0 Å². The van der Waals surface area contributed by atoms with Gasteiger partial charge in [0.2, 0.25) is 0 Å². The van der Waals surface area contributed by atoms with Crippen LogP contribution in [0.25, 0.3) is 11.2 Å². The van der Waals surface area contributed by atoms with E-state index in [0.29, 0.717) is 35.2 Å². The average molecular weight is 377 g/mol. The molecule has 1 aliphatic rings. The molecular weight excluding hydrogens is 358 g/mol. The molecule has 4 heterocycles. The maximum Gasteiger partial charge on any atom is 0.284 e. The molecule has 11 heteroatoms. The number of hydrogen-bond donors (Lipinski definition) is 4. The topological polar surface area (TPSA) is 148 Å². The van der Waals surface area contributed by atoms with Gasteiger partial charge in [0, 0.05) is 6.07 Å². The molecule has 4 rings (SSSR count). The van der Waals surface area contributed by atoms with Gasteiger partial charge in [0.15, 0.2) is 23.2 Å². The standard InChI is InChI=1S/C16H19N5O6/c1-25-10-3-2-8(26-10)4-17-14-11-15(19-6-18-14)21(7-20-11)16-13(24)12(23)9(5-22)27-16/h2-3,6-7,9,12-13,16,22-24H,4-5H2,1H3,(H,17,18,19)/t9-,12-,13+,16-/m1/s1. The van der Waals surface area contributed by atoms with Crippen LogP contribution in [-0.4, -0.2) is 66.9 Å². The number of fused-ring (bicyclic) bond motifs is 1. The van der Waals surface area contributed by atoms with E-state index in [4.69, 9.17) is 13.9 Å². The molecule has 3 aromatic heterocycles. The van der Waals surface area contributed by atoms with Crippen molar-refractivity contribution in [3.8, 4) is 5.95 Å². The molecule has 3 aromatic rings. The number of aliphatic hydroxyl groups excluding tert-OH is 3. The van der Waals surface area contributed by atoms with Crippen LogP contribution in [0.2, 0.25) is 0 Å². The van der Waals surface area contributed by atoms with E-state index in [2.05, 4.69) is 20.3 Å². The SMILES string of the molecule is COc1ccc(CNc2ncnc3c2ncn3[C@@H]2O[C@H](CO)[C@@H](O)[C@@H]2O)o1. The van der Waals surface area contributed by atoms with Crippen LogP contribution >= 0.6 is 0 Å². The van der Waals surface area contributed by atoms with Crippen molar-refractivity contribution in [3.05, 3.63) is 30.5 Å².